The highest BCUT2D eigenvalue weighted by Gasteiger charge is 2.11. The van der Waals surface area contributed by atoms with Gasteiger partial charge in [0.25, 0.3) is 0 Å². The minimum absolute atomic E-state index is 0.0700. The molecular weight excluding hydrogens is 292 g/mol. The van der Waals surface area contributed by atoms with Gasteiger partial charge >= 0.3 is 5.97 Å². The Morgan fingerprint density at radius 3 is 2.30 bits per heavy atom. The minimum Gasteiger partial charge on any atom is -0.466 e. The van der Waals surface area contributed by atoms with E-state index in [1.165, 1.54) is 11.1 Å². The second kappa shape index (κ2) is 7.46. The molecule has 106 valence electrons. The van der Waals surface area contributed by atoms with Gasteiger partial charge in [-0.1, -0.05) is 30.3 Å². The Morgan fingerprint density at radius 2 is 1.90 bits per heavy atom. The Morgan fingerprint density at radius 1 is 1.25 bits per heavy atom. The van der Waals surface area contributed by atoms with Crippen LogP contribution in [0.3, 0.4) is 0 Å². The third-order valence-corrected chi connectivity index (χ3v) is 4.55. The third kappa shape index (κ3) is 4.09. The van der Waals surface area contributed by atoms with Crippen LogP contribution in [-0.2, 0) is 9.53 Å². The van der Waals surface area contributed by atoms with Crippen molar-refractivity contribution in [2.75, 3.05) is 6.61 Å². The van der Waals surface area contributed by atoms with E-state index in [9.17, 15) is 4.79 Å². The van der Waals surface area contributed by atoms with Crippen molar-refractivity contribution in [3.63, 3.8) is 0 Å². The van der Waals surface area contributed by atoms with E-state index >= 15 is 0 Å². The number of ether oxygens (including phenoxy) is 1. The van der Waals surface area contributed by atoms with Crippen LogP contribution in [0.25, 0.3) is 11.1 Å². The predicted molar refractivity (Wildman–Crippen MR) is 84.2 cm³/mol. The number of rotatable bonds is 5. The molecule has 4 heteroatoms. The third-order valence-electron chi connectivity index (χ3n) is 2.98. The molecule has 0 amide bonds. The zero-order chi connectivity index (χ0) is 14.4. The van der Waals surface area contributed by atoms with Crippen molar-refractivity contribution in [3.05, 3.63) is 46.7 Å². The van der Waals surface area contributed by atoms with E-state index in [-0.39, 0.29) is 11.3 Å². The molecule has 0 radical (unpaired) electrons. The van der Waals surface area contributed by atoms with E-state index in [1.807, 2.05) is 17.5 Å². The molecule has 20 heavy (non-hydrogen) atoms. The molecule has 2 aliphatic carbocycles. The van der Waals surface area contributed by atoms with E-state index < -0.39 is 0 Å². The molecule has 1 heterocycles. The van der Waals surface area contributed by atoms with Crippen LogP contribution in [0.2, 0.25) is 0 Å². The van der Waals surface area contributed by atoms with Crippen molar-refractivity contribution in [2.24, 2.45) is 0 Å². The second-order valence-electron chi connectivity index (χ2n) is 4.40. The van der Waals surface area contributed by atoms with Gasteiger partial charge in [0.1, 0.15) is 0 Å². The Bertz CT molecular complexity index is 513. The first kappa shape index (κ1) is 15.1. The summed E-state index contributed by atoms with van der Waals surface area (Å²) < 4.78 is 4.82. The van der Waals surface area contributed by atoms with Gasteiger partial charge in [-0.15, -0.1) is 22.9 Å². The number of halogens is 1. The minimum atomic E-state index is -0.172. The monoisotopic (exact) mass is 308 g/mol. The maximum absolute atomic E-state index is 11.0. The normalized spacial score (nSPS) is 12.1. The van der Waals surface area contributed by atoms with Gasteiger partial charge in [0.2, 0.25) is 0 Å². The van der Waals surface area contributed by atoms with Crippen LogP contribution in [0.15, 0.2) is 41.8 Å². The molecule has 0 saturated heterocycles. The number of thiophene rings is 1. The van der Waals surface area contributed by atoms with Gasteiger partial charge in [-0.05, 0) is 35.9 Å². The Hall–Kier alpha value is -1.32. The fraction of sp³-hybridized carbons (Fsp3) is 0.312. The molecule has 0 bridgehead atoms. The topological polar surface area (TPSA) is 26.3 Å². The summed E-state index contributed by atoms with van der Waals surface area (Å²) in [6, 6.07) is 12.4. The summed E-state index contributed by atoms with van der Waals surface area (Å²) in [6.07, 6.45) is 1.03. The summed E-state index contributed by atoms with van der Waals surface area (Å²) in [6.45, 7) is 2.24. The van der Waals surface area contributed by atoms with Crippen LogP contribution in [0, 0.1) is 0 Å². The van der Waals surface area contributed by atoms with Crippen molar-refractivity contribution in [2.45, 2.75) is 25.1 Å². The van der Waals surface area contributed by atoms with Gasteiger partial charge in [-0.2, -0.15) is 0 Å². The van der Waals surface area contributed by atoms with Gasteiger partial charge < -0.3 is 4.74 Å². The zero-order valence-corrected chi connectivity index (χ0v) is 12.9. The molecule has 1 aromatic rings. The number of alkyl halides is 1. The average molecular weight is 309 g/mol. The molecule has 0 spiro atoms. The van der Waals surface area contributed by atoms with E-state index in [0.29, 0.717) is 19.4 Å². The first-order valence-corrected chi connectivity index (χ1v) is 7.96. The lowest BCUT2D eigenvalue weighted by Gasteiger charge is -2.10. The number of carbonyl (C=O) groups is 1. The van der Waals surface area contributed by atoms with Crippen LogP contribution in [-0.4, -0.2) is 12.6 Å². The second-order valence-corrected chi connectivity index (χ2v) is 5.91. The number of carbonyl (C=O) groups excluding carboxylic acids is 1. The molecule has 1 atom stereocenters. The molecule has 0 fully saturated rings. The van der Waals surface area contributed by atoms with Crippen molar-refractivity contribution in [3.8, 4) is 11.1 Å². The van der Waals surface area contributed by atoms with Gasteiger partial charge in [-0.3, -0.25) is 4.79 Å². The standard InChI is InChI=1S/C10H13ClO2S.C6H4/c1-2-13-10(12)6-5-8(11)9-4-3-7-14-9;1-2-6-4-3-5(1)6/h3-4,7-8H,2,5-6H2,1H3;1-4H. The van der Waals surface area contributed by atoms with Gasteiger partial charge in [0.05, 0.1) is 12.0 Å². The number of hydrogen-bond donors (Lipinski definition) is 0. The van der Waals surface area contributed by atoms with Crippen LogP contribution in [0.4, 0.5) is 0 Å². The Balaban J connectivity index is 0.000000198. The molecule has 1 aromatic heterocycles. The number of fused-ring (bicyclic) bond motifs is 1. The fourth-order valence-corrected chi connectivity index (χ4v) is 2.83. The van der Waals surface area contributed by atoms with Crippen LogP contribution >= 0.6 is 22.9 Å². The Labute approximate surface area is 128 Å². The molecule has 0 N–H and O–H groups in total. The molecule has 0 aliphatic heterocycles. The molecule has 2 nitrogen and oxygen atoms in total. The predicted octanol–water partition coefficient (Wildman–Crippen LogP) is 5.04. The lowest BCUT2D eigenvalue weighted by atomic mass is 9.95. The summed E-state index contributed by atoms with van der Waals surface area (Å²) in [4.78, 5) is 12.1. The molecule has 0 aromatic carbocycles. The van der Waals surface area contributed by atoms with Crippen LogP contribution in [0.5, 0.6) is 0 Å². The summed E-state index contributed by atoms with van der Waals surface area (Å²) >= 11 is 7.71. The molecule has 3 rings (SSSR count). The molecule has 1 unspecified atom stereocenters. The van der Waals surface area contributed by atoms with Crippen molar-refractivity contribution in [1.29, 1.82) is 0 Å². The van der Waals surface area contributed by atoms with E-state index in [1.54, 1.807) is 18.3 Å². The van der Waals surface area contributed by atoms with E-state index in [0.717, 1.165) is 4.88 Å². The van der Waals surface area contributed by atoms with E-state index in [4.69, 9.17) is 16.3 Å². The summed E-state index contributed by atoms with van der Waals surface area (Å²) in [5.41, 5.74) is 2.85. The van der Waals surface area contributed by atoms with Crippen LogP contribution < -0.4 is 0 Å². The van der Waals surface area contributed by atoms with Crippen molar-refractivity contribution >= 4 is 28.9 Å². The van der Waals surface area contributed by atoms with Crippen molar-refractivity contribution in [1.82, 2.24) is 0 Å². The highest BCUT2D eigenvalue weighted by atomic mass is 35.5. The number of benzene rings is 1. The molecule has 0 saturated carbocycles. The van der Waals surface area contributed by atoms with Crippen molar-refractivity contribution < 1.29 is 9.53 Å². The highest BCUT2D eigenvalue weighted by Crippen LogP contribution is 2.30. The first-order valence-electron chi connectivity index (χ1n) is 6.64. The zero-order valence-electron chi connectivity index (χ0n) is 11.3. The maximum Gasteiger partial charge on any atom is 0.305 e. The fourth-order valence-electron chi connectivity index (χ4n) is 1.75. The van der Waals surface area contributed by atoms with E-state index in [2.05, 4.69) is 24.3 Å². The number of hydrogen-bond acceptors (Lipinski definition) is 3. The average Bonchev–Trinajstić information content (AvgIpc) is 2.95. The SMILES string of the molecule is CCOC(=O)CCC(Cl)c1cccs1.c1cc2ccc1-2. The van der Waals surface area contributed by atoms with Crippen LogP contribution in [0.1, 0.15) is 30.0 Å². The maximum atomic E-state index is 11.0. The number of esters is 1. The highest BCUT2D eigenvalue weighted by molar-refractivity contribution is 7.10. The molecule has 2 aliphatic rings. The summed E-state index contributed by atoms with van der Waals surface area (Å²) in [7, 11) is 0. The quantitative estimate of drug-likeness (QED) is 0.487. The largest absolute Gasteiger partial charge is 0.466 e. The Kier molecular flexibility index (Phi) is 5.62. The summed E-state index contributed by atoms with van der Waals surface area (Å²) in [5, 5.41) is 1.91. The smallest absolute Gasteiger partial charge is 0.305 e. The van der Waals surface area contributed by atoms with Gasteiger partial charge in [-0.25, -0.2) is 0 Å². The van der Waals surface area contributed by atoms with Gasteiger partial charge in [0, 0.05) is 11.3 Å². The molecular formula is C16H17ClO2S. The summed E-state index contributed by atoms with van der Waals surface area (Å²) in [5.74, 6) is -0.172. The van der Waals surface area contributed by atoms with Gasteiger partial charge in [0.15, 0.2) is 0 Å². The lowest BCUT2D eigenvalue weighted by Crippen LogP contribution is -2.04. The lowest BCUT2D eigenvalue weighted by molar-refractivity contribution is -0.143. The first-order chi connectivity index (χ1) is 9.70.